The molecule has 5 heteroatoms. The van der Waals surface area contributed by atoms with Gasteiger partial charge in [0.05, 0.1) is 13.2 Å². The van der Waals surface area contributed by atoms with Gasteiger partial charge in [0, 0.05) is 5.56 Å². The Kier molecular flexibility index (Phi) is 7.32. The van der Waals surface area contributed by atoms with Gasteiger partial charge in [-0.25, -0.2) is 0 Å². The van der Waals surface area contributed by atoms with Crippen LogP contribution in [0, 0.1) is 0 Å². The predicted octanol–water partition coefficient (Wildman–Crippen LogP) is 2.65. The molecule has 1 amide bonds. The Labute approximate surface area is 183 Å². The van der Waals surface area contributed by atoms with E-state index in [1.54, 1.807) is 0 Å². The minimum absolute atomic E-state index is 0.0390. The third-order valence-corrected chi connectivity index (χ3v) is 5.56. The zero-order valence-corrected chi connectivity index (χ0v) is 17.6. The summed E-state index contributed by atoms with van der Waals surface area (Å²) in [5.41, 5.74) is 2.81. The smallest absolute Gasteiger partial charge is 0.251 e. The third kappa shape index (κ3) is 6.17. The molecule has 160 valence electrons. The van der Waals surface area contributed by atoms with Crippen LogP contribution in [0.3, 0.4) is 0 Å². The van der Waals surface area contributed by atoms with E-state index in [9.17, 15) is 4.79 Å². The van der Waals surface area contributed by atoms with Gasteiger partial charge in [0.15, 0.2) is 0 Å². The number of amides is 1. The van der Waals surface area contributed by atoms with Crippen LogP contribution in [0.1, 0.15) is 27.5 Å². The maximum absolute atomic E-state index is 13.0. The van der Waals surface area contributed by atoms with Crippen LogP contribution in [0.15, 0.2) is 84.9 Å². The molecule has 5 nitrogen and oxygen atoms in total. The number of carbonyl (C=O) groups excluding carboxylic acids is 1. The van der Waals surface area contributed by atoms with Crippen LogP contribution in [0.4, 0.5) is 0 Å². The maximum atomic E-state index is 13.0. The van der Waals surface area contributed by atoms with Crippen LogP contribution in [0.5, 0.6) is 5.75 Å². The molecule has 2 N–H and O–H groups in total. The quantitative estimate of drug-likeness (QED) is 0.593. The second-order valence-corrected chi connectivity index (χ2v) is 7.80. The summed E-state index contributed by atoms with van der Waals surface area (Å²) < 4.78 is 11.3. The molecule has 0 saturated carbocycles. The number of hydrogen-bond acceptors (Lipinski definition) is 3. The minimum Gasteiger partial charge on any atom is -0.489 e. The molecule has 3 aromatic rings. The molecular weight excluding hydrogens is 388 g/mol. The molecule has 3 aromatic carbocycles. The highest BCUT2D eigenvalue weighted by Crippen LogP contribution is 2.15. The molecule has 1 aliphatic rings. The molecule has 31 heavy (non-hydrogen) atoms. The van der Waals surface area contributed by atoms with Crippen molar-refractivity contribution in [3.63, 3.8) is 0 Å². The summed E-state index contributed by atoms with van der Waals surface area (Å²) >= 11 is 0. The van der Waals surface area contributed by atoms with E-state index >= 15 is 0 Å². The molecule has 0 bridgehead atoms. The van der Waals surface area contributed by atoms with Crippen molar-refractivity contribution in [2.45, 2.75) is 12.6 Å². The molecule has 1 heterocycles. The van der Waals surface area contributed by atoms with Gasteiger partial charge in [-0.3, -0.25) is 4.79 Å². The molecule has 1 atom stereocenters. The minimum atomic E-state index is -0.0583. The van der Waals surface area contributed by atoms with E-state index in [4.69, 9.17) is 9.47 Å². The summed E-state index contributed by atoms with van der Waals surface area (Å²) in [4.78, 5) is 14.4. The van der Waals surface area contributed by atoms with Gasteiger partial charge in [-0.2, -0.15) is 0 Å². The van der Waals surface area contributed by atoms with Gasteiger partial charge in [0.1, 0.15) is 38.0 Å². The van der Waals surface area contributed by atoms with Crippen LogP contribution in [-0.2, 0) is 11.3 Å². The highest BCUT2D eigenvalue weighted by molar-refractivity contribution is 5.94. The Morgan fingerprint density at radius 3 is 2.23 bits per heavy atom. The van der Waals surface area contributed by atoms with Crippen molar-refractivity contribution in [3.05, 3.63) is 102 Å². The second kappa shape index (κ2) is 10.8. The van der Waals surface area contributed by atoms with Gasteiger partial charge in [-0.05, 0) is 35.4 Å². The first kappa shape index (κ1) is 21.1. The molecule has 0 radical (unpaired) electrons. The normalized spacial score (nSPS) is 15.2. The number of rotatable bonds is 8. The number of ether oxygens (including phenoxy) is 2. The zero-order valence-electron chi connectivity index (χ0n) is 17.6. The van der Waals surface area contributed by atoms with Gasteiger partial charge in [-0.15, -0.1) is 0 Å². The summed E-state index contributed by atoms with van der Waals surface area (Å²) in [6.07, 6.45) is 0. The molecule has 0 spiro atoms. The van der Waals surface area contributed by atoms with Crippen molar-refractivity contribution in [2.24, 2.45) is 0 Å². The fourth-order valence-corrected chi connectivity index (χ4v) is 3.77. The van der Waals surface area contributed by atoms with Crippen molar-refractivity contribution >= 4 is 5.91 Å². The van der Waals surface area contributed by atoms with Crippen LogP contribution in [-0.4, -0.2) is 38.8 Å². The van der Waals surface area contributed by atoms with Crippen molar-refractivity contribution < 1.29 is 19.2 Å². The number of para-hydroxylation sites is 1. The van der Waals surface area contributed by atoms with E-state index in [-0.39, 0.29) is 11.9 Å². The van der Waals surface area contributed by atoms with E-state index in [2.05, 4.69) is 17.4 Å². The van der Waals surface area contributed by atoms with Crippen LogP contribution in [0.25, 0.3) is 0 Å². The first-order chi connectivity index (χ1) is 15.3. The third-order valence-electron chi connectivity index (χ3n) is 5.56. The molecule has 0 aliphatic carbocycles. The SMILES string of the molecule is O=C(N[C@H](C[NH+]1CCOCC1)c1ccccc1)c1ccc(COc2ccccc2)cc1. The monoisotopic (exact) mass is 417 g/mol. The molecule has 0 aromatic heterocycles. The maximum Gasteiger partial charge on any atom is 0.251 e. The topological polar surface area (TPSA) is 52.0 Å². The van der Waals surface area contributed by atoms with Gasteiger partial charge >= 0.3 is 0 Å². The van der Waals surface area contributed by atoms with Gasteiger partial charge in [0.25, 0.3) is 5.91 Å². The van der Waals surface area contributed by atoms with E-state index in [1.165, 1.54) is 4.90 Å². The van der Waals surface area contributed by atoms with Crippen molar-refractivity contribution in [3.8, 4) is 5.75 Å². The van der Waals surface area contributed by atoms with E-state index < -0.39 is 0 Å². The summed E-state index contributed by atoms with van der Waals surface area (Å²) in [6, 6.07) is 27.5. The lowest BCUT2D eigenvalue weighted by atomic mass is 10.0. The number of quaternary nitrogens is 1. The van der Waals surface area contributed by atoms with Gasteiger partial charge < -0.3 is 19.7 Å². The van der Waals surface area contributed by atoms with Crippen molar-refractivity contribution in [2.75, 3.05) is 32.8 Å². The van der Waals surface area contributed by atoms with Crippen LogP contribution in [0.2, 0.25) is 0 Å². The Bertz CT molecular complexity index is 939. The second-order valence-electron chi connectivity index (χ2n) is 7.80. The average Bonchev–Trinajstić information content (AvgIpc) is 2.84. The largest absolute Gasteiger partial charge is 0.489 e. The lowest BCUT2D eigenvalue weighted by Gasteiger charge is -2.28. The summed E-state index contributed by atoms with van der Waals surface area (Å²) in [7, 11) is 0. The highest BCUT2D eigenvalue weighted by atomic mass is 16.5. The zero-order chi connectivity index (χ0) is 21.3. The predicted molar refractivity (Wildman–Crippen MR) is 120 cm³/mol. The Hall–Kier alpha value is -3.15. The van der Waals surface area contributed by atoms with Crippen molar-refractivity contribution in [1.29, 1.82) is 0 Å². The van der Waals surface area contributed by atoms with Crippen molar-refractivity contribution in [1.82, 2.24) is 5.32 Å². The highest BCUT2D eigenvalue weighted by Gasteiger charge is 2.23. The Morgan fingerprint density at radius 2 is 1.55 bits per heavy atom. The average molecular weight is 418 g/mol. The van der Waals surface area contributed by atoms with Gasteiger partial charge in [-0.1, -0.05) is 60.7 Å². The lowest BCUT2D eigenvalue weighted by molar-refractivity contribution is -0.909. The first-order valence-electron chi connectivity index (χ1n) is 10.8. The number of carbonyl (C=O) groups is 1. The number of hydrogen-bond donors (Lipinski definition) is 2. The molecule has 1 fully saturated rings. The summed E-state index contributed by atoms with van der Waals surface area (Å²) in [6.45, 7) is 4.81. The van der Waals surface area contributed by atoms with E-state index in [0.717, 1.165) is 49.7 Å². The Balaban J connectivity index is 1.39. The number of nitrogens with one attached hydrogen (secondary N) is 2. The number of benzene rings is 3. The lowest BCUT2D eigenvalue weighted by Crippen LogP contribution is -3.14. The van der Waals surface area contributed by atoms with E-state index in [1.807, 2.05) is 72.8 Å². The standard InChI is InChI=1S/C26H28N2O3/c29-26(23-13-11-21(12-14-23)20-31-24-9-5-2-6-10-24)27-25(22-7-3-1-4-8-22)19-28-15-17-30-18-16-28/h1-14,25H,15-20H2,(H,27,29)/p+1/t25-/m1/s1. The van der Waals surface area contributed by atoms with Gasteiger partial charge in [0.2, 0.25) is 0 Å². The van der Waals surface area contributed by atoms with Crippen LogP contribution < -0.4 is 15.0 Å². The first-order valence-corrected chi connectivity index (χ1v) is 10.8. The molecular formula is C26H29N2O3+. The molecule has 0 unspecified atom stereocenters. The van der Waals surface area contributed by atoms with Crippen LogP contribution >= 0.6 is 0 Å². The summed E-state index contributed by atoms with van der Waals surface area (Å²) in [5, 5.41) is 3.24. The number of morpholine rings is 1. The fourth-order valence-electron chi connectivity index (χ4n) is 3.77. The summed E-state index contributed by atoms with van der Waals surface area (Å²) in [5.74, 6) is 0.776. The fraction of sp³-hybridized carbons (Fsp3) is 0.269. The molecule has 1 aliphatic heterocycles. The molecule has 1 saturated heterocycles. The molecule has 4 rings (SSSR count). The Morgan fingerprint density at radius 1 is 0.903 bits per heavy atom. The van der Waals surface area contributed by atoms with E-state index in [0.29, 0.717) is 12.2 Å².